The van der Waals surface area contributed by atoms with E-state index in [2.05, 4.69) is 20.6 Å². The molecule has 1 aromatic rings. The van der Waals surface area contributed by atoms with Crippen LogP contribution in [-0.4, -0.2) is 52.7 Å². The summed E-state index contributed by atoms with van der Waals surface area (Å²) in [4.78, 5) is 59.2. The number of carbonyl (C=O) groups is 4. The van der Waals surface area contributed by atoms with Crippen molar-refractivity contribution in [1.82, 2.24) is 20.6 Å². The molecule has 2 atom stereocenters. The van der Waals surface area contributed by atoms with E-state index in [0.29, 0.717) is 31.5 Å². The van der Waals surface area contributed by atoms with Crippen LogP contribution in [0.15, 0.2) is 12.3 Å². The van der Waals surface area contributed by atoms with Gasteiger partial charge in [-0.15, -0.1) is 0 Å². The van der Waals surface area contributed by atoms with Gasteiger partial charge in [-0.25, -0.2) is 14.8 Å². The molecule has 0 aromatic carbocycles. The van der Waals surface area contributed by atoms with Crippen LogP contribution >= 0.6 is 0 Å². The van der Waals surface area contributed by atoms with Gasteiger partial charge in [-0.05, 0) is 36.7 Å². The summed E-state index contributed by atoms with van der Waals surface area (Å²) < 4.78 is 5.23. The van der Waals surface area contributed by atoms with Gasteiger partial charge in [0.2, 0.25) is 5.78 Å². The van der Waals surface area contributed by atoms with Gasteiger partial charge in [0.1, 0.15) is 5.82 Å². The summed E-state index contributed by atoms with van der Waals surface area (Å²) in [7, 11) is 0. The van der Waals surface area contributed by atoms with Crippen molar-refractivity contribution in [1.29, 1.82) is 0 Å². The summed E-state index contributed by atoms with van der Waals surface area (Å²) in [6, 6.07) is 1.02. The monoisotopic (exact) mass is 460 g/mol. The first-order valence-electron chi connectivity index (χ1n) is 11.5. The normalized spacial score (nSPS) is 18.5. The molecule has 2 N–H and O–H groups in total. The molecule has 0 saturated carbocycles. The van der Waals surface area contributed by atoms with Gasteiger partial charge in [-0.2, -0.15) is 0 Å². The molecule has 1 aromatic heterocycles. The molecule has 1 aliphatic heterocycles. The number of alkyl carbamates (subject to hydrolysis) is 1. The Kier molecular flexibility index (Phi) is 9.49. The standard InChI is InChI=1S/C24H36N4O5/c1-15(2)20(28-23(32)33-14-24(3,4)5)18(29)13-16-7-6-8-17-9-11-25-19(27-17)10-12-26-22(31)21(16)30/h9,11,15-16,20H,6-8,10,12-14H2,1-5H3,(H,26,31)(H,28,32). The number of Topliss-reactive ketones (excluding diaryl/α,β-unsaturated/α-hetero) is 2. The number of ketones is 2. The van der Waals surface area contributed by atoms with E-state index < -0.39 is 29.7 Å². The summed E-state index contributed by atoms with van der Waals surface area (Å²) in [5.41, 5.74) is 0.666. The van der Waals surface area contributed by atoms with E-state index in [1.807, 2.05) is 40.7 Å². The highest BCUT2D eigenvalue weighted by atomic mass is 16.5. The Morgan fingerprint density at radius 1 is 1.24 bits per heavy atom. The van der Waals surface area contributed by atoms with E-state index >= 15 is 0 Å². The number of amides is 2. The number of nitrogens with one attached hydrogen (secondary N) is 2. The largest absolute Gasteiger partial charge is 0.449 e. The van der Waals surface area contributed by atoms with Crippen LogP contribution in [0.25, 0.3) is 0 Å². The summed E-state index contributed by atoms with van der Waals surface area (Å²) in [6.45, 7) is 9.90. The molecule has 0 aliphatic carbocycles. The third-order valence-electron chi connectivity index (χ3n) is 5.35. The Labute approximate surface area is 195 Å². The molecule has 9 heteroatoms. The fraction of sp³-hybridized carbons (Fsp3) is 0.667. The van der Waals surface area contributed by atoms with Crippen molar-refractivity contribution in [3.8, 4) is 0 Å². The summed E-state index contributed by atoms with van der Waals surface area (Å²) >= 11 is 0. The number of aryl methyl sites for hydroxylation is 1. The van der Waals surface area contributed by atoms with Gasteiger partial charge in [-0.1, -0.05) is 34.6 Å². The van der Waals surface area contributed by atoms with Crippen molar-refractivity contribution in [3.63, 3.8) is 0 Å². The van der Waals surface area contributed by atoms with Crippen LogP contribution in [0.3, 0.4) is 0 Å². The SMILES string of the molecule is CC(C)C(NC(=O)OCC(C)(C)C)C(=O)CC1CCCc2ccnc(n2)CCNC(=O)C1=O. The quantitative estimate of drug-likeness (QED) is 0.624. The predicted molar refractivity (Wildman–Crippen MR) is 122 cm³/mol. The minimum atomic E-state index is -0.806. The molecule has 2 unspecified atom stereocenters. The maximum Gasteiger partial charge on any atom is 0.407 e. The average molecular weight is 461 g/mol. The first-order valence-corrected chi connectivity index (χ1v) is 11.5. The number of carbonyl (C=O) groups excluding carboxylic acids is 4. The van der Waals surface area contributed by atoms with Crippen LogP contribution in [0.4, 0.5) is 4.79 Å². The molecule has 0 saturated heterocycles. The second kappa shape index (κ2) is 11.9. The zero-order valence-electron chi connectivity index (χ0n) is 20.3. The summed E-state index contributed by atoms with van der Waals surface area (Å²) in [5.74, 6) is -1.94. The predicted octanol–water partition coefficient (Wildman–Crippen LogP) is 2.41. The van der Waals surface area contributed by atoms with E-state index in [9.17, 15) is 19.2 Å². The molecule has 2 heterocycles. The lowest BCUT2D eigenvalue weighted by atomic mass is 9.87. The molecule has 182 valence electrons. The minimum absolute atomic E-state index is 0.121. The Morgan fingerprint density at radius 2 is 1.97 bits per heavy atom. The lowest BCUT2D eigenvalue weighted by molar-refractivity contribution is -0.141. The highest BCUT2D eigenvalue weighted by Gasteiger charge is 2.32. The lowest BCUT2D eigenvalue weighted by Gasteiger charge is -2.24. The zero-order valence-corrected chi connectivity index (χ0v) is 20.3. The van der Waals surface area contributed by atoms with Gasteiger partial charge >= 0.3 is 6.09 Å². The van der Waals surface area contributed by atoms with Crippen molar-refractivity contribution < 1.29 is 23.9 Å². The highest BCUT2D eigenvalue weighted by Crippen LogP contribution is 2.19. The Balaban J connectivity index is 2.08. The number of rotatable bonds is 6. The summed E-state index contributed by atoms with van der Waals surface area (Å²) in [6.07, 6.45) is 2.92. The van der Waals surface area contributed by atoms with E-state index in [1.165, 1.54) is 0 Å². The Bertz CT molecular complexity index is 863. The fourth-order valence-electron chi connectivity index (χ4n) is 3.56. The summed E-state index contributed by atoms with van der Waals surface area (Å²) in [5, 5.41) is 5.25. The van der Waals surface area contributed by atoms with Crippen LogP contribution in [0.1, 0.15) is 65.4 Å². The molecule has 0 fully saturated rings. The third kappa shape index (κ3) is 8.90. The van der Waals surface area contributed by atoms with Crippen molar-refractivity contribution in [2.75, 3.05) is 13.2 Å². The van der Waals surface area contributed by atoms with Crippen molar-refractivity contribution in [2.24, 2.45) is 17.3 Å². The third-order valence-corrected chi connectivity index (χ3v) is 5.35. The molecule has 33 heavy (non-hydrogen) atoms. The molecule has 1 aliphatic rings. The van der Waals surface area contributed by atoms with Gasteiger partial charge in [0.15, 0.2) is 5.78 Å². The minimum Gasteiger partial charge on any atom is -0.449 e. The van der Waals surface area contributed by atoms with E-state index in [1.54, 1.807) is 6.20 Å². The van der Waals surface area contributed by atoms with Crippen LogP contribution in [0, 0.1) is 17.3 Å². The first-order chi connectivity index (χ1) is 15.5. The number of nitrogens with zero attached hydrogens (tertiary/aromatic N) is 2. The Hall–Kier alpha value is -2.84. The van der Waals surface area contributed by atoms with Gasteiger partial charge in [-0.3, -0.25) is 14.4 Å². The molecular weight excluding hydrogens is 424 g/mol. The molecule has 0 spiro atoms. The van der Waals surface area contributed by atoms with Gasteiger partial charge in [0.25, 0.3) is 5.91 Å². The average Bonchev–Trinajstić information content (AvgIpc) is 2.73. The van der Waals surface area contributed by atoms with Crippen LogP contribution in [0.2, 0.25) is 0 Å². The second-order valence-electron chi connectivity index (χ2n) is 10.1. The second-order valence-corrected chi connectivity index (χ2v) is 10.1. The van der Waals surface area contributed by atoms with Crippen LogP contribution in [0.5, 0.6) is 0 Å². The number of ether oxygens (including phenoxy) is 1. The molecular formula is C24H36N4O5. The maximum atomic E-state index is 13.1. The highest BCUT2D eigenvalue weighted by molar-refractivity contribution is 6.37. The van der Waals surface area contributed by atoms with Gasteiger partial charge in [0.05, 0.1) is 12.6 Å². The van der Waals surface area contributed by atoms with Crippen LogP contribution < -0.4 is 10.6 Å². The van der Waals surface area contributed by atoms with E-state index in [4.69, 9.17) is 4.74 Å². The van der Waals surface area contributed by atoms with Gasteiger partial charge < -0.3 is 15.4 Å². The maximum absolute atomic E-state index is 13.1. The molecule has 0 radical (unpaired) electrons. The zero-order chi connectivity index (χ0) is 24.6. The van der Waals surface area contributed by atoms with E-state index in [0.717, 1.165) is 5.69 Å². The molecule has 2 amide bonds. The topological polar surface area (TPSA) is 127 Å². The number of hydrogen-bond acceptors (Lipinski definition) is 7. The first kappa shape index (κ1) is 26.4. The van der Waals surface area contributed by atoms with E-state index in [-0.39, 0.29) is 36.7 Å². The van der Waals surface area contributed by atoms with Gasteiger partial charge in [0, 0.05) is 37.2 Å². The molecule has 2 rings (SSSR count). The number of hydrogen-bond donors (Lipinski definition) is 2. The smallest absolute Gasteiger partial charge is 0.407 e. The van der Waals surface area contributed by atoms with Crippen molar-refractivity contribution in [3.05, 3.63) is 23.8 Å². The molecule has 9 nitrogen and oxygen atoms in total. The lowest BCUT2D eigenvalue weighted by Crippen LogP contribution is -2.46. The fourth-order valence-corrected chi connectivity index (χ4v) is 3.56. The van der Waals surface area contributed by atoms with Crippen molar-refractivity contribution >= 4 is 23.6 Å². The van der Waals surface area contributed by atoms with Crippen LogP contribution in [-0.2, 0) is 32.0 Å². The van der Waals surface area contributed by atoms with Crippen molar-refractivity contribution in [2.45, 2.75) is 72.8 Å². The number of aromatic nitrogens is 2. The molecule has 2 bridgehead atoms. The number of fused-ring (bicyclic) bond motifs is 2. The Morgan fingerprint density at radius 3 is 2.64 bits per heavy atom.